The molecule has 0 unspecified atom stereocenters. The van der Waals surface area contributed by atoms with Crippen LogP contribution in [-0.4, -0.2) is 167 Å². The van der Waals surface area contributed by atoms with Gasteiger partial charge in [0.2, 0.25) is 22.5 Å². The molecule has 8 aliphatic carbocycles. The third-order valence-corrected chi connectivity index (χ3v) is 21.8. The molecule has 7 saturated carbocycles. The molecule has 8 aliphatic rings. The van der Waals surface area contributed by atoms with E-state index in [0.29, 0.717) is 76.4 Å². The van der Waals surface area contributed by atoms with Crippen LogP contribution in [0.1, 0.15) is 241 Å². The fraction of sp³-hybridized carbons (Fsp3) is 0.554. The van der Waals surface area contributed by atoms with Gasteiger partial charge in [-0.05, 0) is 261 Å². The topological polar surface area (TPSA) is 418 Å². The Labute approximate surface area is 700 Å². The summed E-state index contributed by atoms with van der Waals surface area (Å²) in [6, 6.07) is 25.8. The van der Waals surface area contributed by atoms with Crippen molar-refractivity contribution in [1.82, 2.24) is 96.6 Å². The summed E-state index contributed by atoms with van der Waals surface area (Å²) in [5.74, 6) is 10.1. The Bertz CT molecular complexity index is 4540. The lowest BCUT2D eigenvalue weighted by Gasteiger charge is -2.35. The standard InChI is InChI=1S/C22H33N7O2.C17H25N7.C12H24N2O2.C12H14O.C10H10ClN5.C6H9N3.C4H2Cl2N2/c1-22(2,3)31-21(30)24-15-7-9-16(10-8-15)29(4)20-23-12-11-18(26-20)25-19-13-17(27-28-19)14-5-6-14;1-24(13-6-4-12(18)5-7-13)17-19-9-8-15(21-17)20-16-10-14(22-23-16)11-2-3-11;1-12(2,3)16-11(15)14-10-7-5-9(13-4)6-8-10;1-9(13)6-10-7-11-4-2-3-5-12(11)8-10;11-10-12-4-3-8(14-10)13-9-5-7(15-16-9)6-1-2-6;7-6-3-5(8-9-6)4-1-2-4;5-3-1-2-7-4(6)8-3/h11-16H,5-10H2,1-4H3,(H,24,30)(H2,23,25,26,27,28);8-13H,2-7,18H2,1H3,(H2,19,20,21,22,23);9-10,13H,5-8H2,1-4H3,(H,14,15);2-5,10H,6-8H2,1H3;3-6H,1-2H2,(H2,12,13,14,15,16);3-4H,1-2H2,(H3,7,8,9);1-2H. The highest BCUT2D eigenvalue weighted by Gasteiger charge is 2.32. The van der Waals surface area contributed by atoms with E-state index >= 15 is 0 Å². The molecule has 0 radical (unpaired) electrons. The number of carbonyl (C=O) groups excluding carboxylic acids is 3. The third-order valence-electron chi connectivity index (χ3n) is 21.2. The average Bonchev–Trinajstić information content (AvgIpc) is 1.67. The van der Waals surface area contributed by atoms with Gasteiger partial charge < -0.3 is 67.4 Å². The first kappa shape index (κ1) is 88.0. The number of rotatable bonds is 19. The molecule has 34 heteroatoms. The molecule has 0 bridgehead atoms. The lowest BCUT2D eigenvalue weighted by atomic mass is 9.90. The zero-order chi connectivity index (χ0) is 83.2. The maximum absolute atomic E-state index is 12.0. The number of aromatic nitrogens is 16. The van der Waals surface area contributed by atoms with Gasteiger partial charge in [0.1, 0.15) is 45.4 Å². The normalized spacial score (nSPS) is 20.0. The molecule has 7 fully saturated rings. The number of Topliss-reactive ketones (excluding diaryl/α,β-unsaturated/α-hetero) is 1. The zero-order valence-corrected chi connectivity index (χ0v) is 71.2. The van der Waals surface area contributed by atoms with E-state index in [1.165, 1.54) is 91.5 Å². The number of amides is 2. The van der Waals surface area contributed by atoms with Crippen molar-refractivity contribution < 1.29 is 23.9 Å². The number of hydrogen-bond acceptors (Lipinski definition) is 25. The number of fused-ring (bicyclic) bond motifs is 1. The van der Waals surface area contributed by atoms with Crippen LogP contribution in [0.2, 0.25) is 15.7 Å². The molecule has 17 rings (SSSR count). The molecule has 0 atom stereocenters. The first-order valence-corrected chi connectivity index (χ1v) is 42.2. The third kappa shape index (κ3) is 30.3. The second-order valence-corrected chi connectivity index (χ2v) is 34.6. The lowest BCUT2D eigenvalue weighted by molar-refractivity contribution is -0.117. The Morgan fingerprint density at radius 1 is 0.470 bits per heavy atom. The summed E-state index contributed by atoms with van der Waals surface area (Å²) in [7, 11) is 6.10. The number of benzene rings is 1. The van der Waals surface area contributed by atoms with Crippen molar-refractivity contribution >= 4 is 105 Å². The number of H-pyrrole nitrogens is 4. The van der Waals surface area contributed by atoms with Crippen molar-refractivity contribution in [2.24, 2.45) is 11.7 Å². The number of ether oxygens (including phenoxy) is 2. The highest BCUT2D eigenvalue weighted by molar-refractivity contribution is 6.31. The fourth-order valence-electron chi connectivity index (χ4n) is 14.4. The van der Waals surface area contributed by atoms with Crippen LogP contribution in [0.4, 0.5) is 62.2 Å². The molecule has 31 nitrogen and oxygen atoms in total. The average molecular weight is 1670 g/mol. The van der Waals surface area contributed by atoms with Gasteiger partial charge in [0.15, 0.2) is 17.5 Å². The van der Waals surface area contributed by atoms with Crippen LogP contribution in [0.3, 0.4) is 0 Å². The van der Waals surface area contributed by atoms with Crippen LogP contribution >= 0.6 is 34.8 Å². The maximum atomic E-state index is 12.0. The number of nitrogens with two attached hydrogens (primary N) is 2. The Morgan fingerprint density at radius 3 is 1.20 bits per heavy atom. The number of nitrogens with zero attached hydrogens (tertiary/aromatic N) is 14. The summed E-state index contributed by atoms with van der Waals surface area (Å²) < 4.78 is 10.6. The van der Waals surface area contributed by atoms with E-state index in [1.807, 2.05) is 79.9 Å². The fourth-order valence-corrected chi connectivity index (χ4v) is 14.8. The summed E-state index contributed by atoms with van der Waals surface area (Å²) in [6.45, 7) is 12.9. The van der Waals surface area contributed by atoms with Crippen molar-refractivity contribution in [1.29, 1.82) is 0 Å². The number of nitrogen functional groups attached to an aromatic ring is 1. The Kier molecular flexibility index (Phi) is 31.6. The number of halogens is 3. The lowest BCUT2D eigenvalue weighted by Crippen LogP contribution is -2.44. The molecule has 8 heterocycles. The predicted molar refractivity (Wildman–Crippen MR) is 459 cm³/mol. The van der Waals surface area contributed by atoms with Crippen LogP contribution in [0.5, 0.6) is 0 Å². The van der Waals surface area contributed by atoms with Crippen molar-refractivity contribution in [3.05, 3.63) is 147 Å². The number of carbonyl (C=O) groups is 3. The molecule has 0 aliphatic heterocycles. The van der Waals surface area contributed by atoms with E-state index in [1.54, 1.807) is 37.6 Å². The minimum absolute atomic E-state index is 0.147. The second-order valence-electron chi connectivity index (χ2n) is 33.6. The summed E-state index contributed by atoms with van der Waals surface area (Å²) in [4.78, 5) is 72.1. The van der Waals surface area contributed by atoms with Crippen LogP contribution < -0.4 is 53.2 Å². The van der Waals surface area contributed by atoms with Crippen molar-refractivity contribution in [2.75, 3.05) is 52.6 Å². The first-order valence-electron chi connectivity index (χ1n) is 41.1. The number of hydrogen-bond donors (Lipinski definition) is 12. The molecular formula is C83H117Cl3N26O5. The van der Waals surface area contributed by atoms with Crippen molar-refractivity contribution in [2.45, 2.75) is 267 Å². The largest absolute Gasteiger partial charge is 0.444 e. The highest BCUT2D eigenvalue weighted by atomic mass is 35.5. The van der Waals surface area contributed by atoms with Crippen molar-refractivity contribution in [3.8, 4) is 0 Å². The minimum atomic E-state index is -0.479. The second kappa shape index (κ2) is 42.0. The van der Waals surface area contributed by atoms with Gasteiger partial charge in [-0.2, -0.15) is 30.4 Å². The quantitative estimate of drug-likeness (QED) is 0.0264. The monoisotopic (exact) mass is 1660 g/mol. The van der Waals surface area contributed by atoms with Gasteiger partial charge in [0.25, 0.3) is 0 Å². The van der Waals surface area contributed by atoms with Gasteiger partial charge in [0.05, 0.1) is 0 Å². The molecule has 0 saturated heterocycles. The van der Waals surface area contributed by atoms with Gasteiger partial charge in [-0.3, -0.25) is 20.4 Å². The molecule has 630 valence electrons. The molecule has 8 aromatic heterocycles. The number of nitrogens with one attached hydrogen (secondary N) is 10. The molecule has 1 aromatic carbocycles. The van der Waals surface area contributed by atoms with E-state index in [0.717, 1.165) is 137 Å². The number of anilines is 9. The molecule has 117 heavy (non-hydrogen) atoms. The van der Waals surface area contributed by atoms with Crippen LogP contribution in [0.15, 0.2) is 97.6 Å². The van der Waals surface area contributed by atoms with E-state index in [9.17, 15) is 14.4 Å². The van der Waals surface area contributed by atoms with Crippen molar-refractivity contribution in [3.63, 3.8) is 0 Å². The number of aromatic amines is 4. The van der Waals surface area contributed by atoms with Gasteiger partial charge in [0, 0.05) is 152 Å². The van der Waals surface area contributed by atoms with Crippen LogP contribution in [0.25, 0.3) is 0 Å². The van der Waals surface area contributed by atoms with Gasteiger partial charge in [-0.1, -0.05) is 35.9 Å². The van der Waals surface area contributed by atoms with Gasteiger partial charge in [-0.25, -0.2) is 39.5 Å². The summed E-state index contributed by atoms with van der Waals surface area (Å²) in [5.41, 5.74) is 18.2. The Balaban J connectivity index is 0.000000140. The number of ketones is 1. The molecule has 0 spiro atoms. The minimum Gasteiger partial charge on any atom is -0.444 e. The van der Waals surface area contributed by atoms with Crippen LogP contribution in [0, 0.1) is 5.92 Å². The molecule has 2 amide bonds. The summed E-state index contributed by atoms with van der Waals surface area (Å²) >= 11 is 16.4. The first-order chi connectivity index (χ1) is 56.1. The van der Waals surface area contributed by atoms with E-state index in [2.05, 4.69) is 166 Å². The molecule has 14 N–H and O–H groups in total. The highest BCUT2D eigenvalue weighted by Crippen LogP contribution is 2.43. The number of alkyl carbamates (subject to hydrolysis) is 2. The predicted octanol–water partition coefficient (Wildman–Crippen LogP) is 16.2. The Hall–Kier alpha value is -9.82. The SMILES string of the molecule is CC(=O)CC1Cc2ccccc2C1.CN(c1nccc(Nc2cc(C3CC3)[nH]n2)n1)C1CCC(N)CC1.CN(c1nccc(Nc2cc(C3CC3)[nH]n2)n1)C1CCC(NC(=O)OC(C)(C)C)CC1.CNC1CCC(NC(=O)OC(C)(C)C)CC1.Clc1ccnc(Cl)n1.Clc1nccc(Nc2cc(C3CC3)[nH]n2)n1.Nc1cc(C2CC2)[nH]n1. The smallest absolute Gasteiger partial charge is 0.407 e. The van der Waals surface area contributed by atoms with E-state index < -0.39 is 11.2 Å². The molecular weight excluding hydrogens is 1550 g/mol. The van der Waals surface area contributed by atoms with Crippen LogP contribution in [-0.2, 0) is 27.1 Å². The van der Waals surface area contributed by atoms with E-state index in [-0.39, 0.29) is 34.8 Å². The maximum Gasteiger partial charge on any atom is 0.407 e. The summed E-state index contributed by atoms with van der Waals surface area (Å²) in [5, 5.41) is 48.3. The molecule has 9 aromatic rings. The Morgan fingerprint density at radius 2 is 0.838 bits per heavy atom. The van der Waals surface area contributed by atoms with Gasteiger partial charge >= 0.3 is 12.2 Å². The van der Waals surface area contributed by atoms with Gasteiger partial charge in [-0.15, -0.1) is 0 Å². The zero-order valence-electron chi connectivity index (χ0n) is 68.9. The summed E-state index contributed by atoms with van der Waals surface area (Å²) in [6.07, 6.45) is 31.4. The van der Waals surface area contributed by atoms with E-state index in [4.69, 9.17) is 55.7 Å².